The summed E-state index contributed by atoms with van der Waals surface area (Å²) in [4.78, 5) is 7.89. The van der Waals surface area contributed by atoms with E-state index in [-0.39, 0.29) is 5.95 Å². The molecule has 0 aromatic carbocycles. The van der Waals surface area contributed by atoms with Crippen molar-refractivity contribution in [3.8, 4) is 5.69 Å². The fraction of sp³-hybridized carbons (Fsp3) is 0. The number of hydrogen-bond donors (Lipinski definition) is 1. The number of nitrogens with zero attached hydrogens (tertiary/aromatic N) is 4. The maximum absolute atomic E-state index is 5.46. The highest BCUT2D eigenvalue weighted by molar-refractivity contribution is 9.10. The van der Waals surface area contributed by atoms with Crippen molar-refractivity contribution in [1.29, 1.82) is 0 Å². The number of aromatic nitrogens is 4. The highest BCUT2D eigenvalue weighted by Gasteiger charge is 2.09. The number of hydrogen-bond acceptors (Lipinski definition) is 4. The Morgan fingerprint density at radius 2 is 2.14 bits per heavy atom. The van der Waals surface area contributed by atoms with Crippen LogP contribution in [0.15, 0.2) is 27.7 Å². The minimum atomic E-state index is 0.223. The standard InChI is InChI=1S/C7H5Br2N5/c8-4-3-11-2-1-5(4)14-6(9)12-7(10)13-14/h1-3H,(H2,10,13). The van der Waals surface area contributed by atoms with Crippen LogP contribution in [-0.4, -0.2) is 19.7 Å². The van der Waals surface area contributed by atoms with Gasteiger partial charge in [0.05, 0.1) is 10.2 Å². The van der Waals surface area contributed by atoms with E-state index in [2.05, 4.69) is 46.9 Å². The Bertz CT molecular complexity index is 467. The average molecular weight is 319 g/mol. The largest absolute Gasteiger partial charge is 0.366 e. The molecule has 0 saturated carbocycles. The normalized spacial score (nSPS) is 10.4. The van der Waals surface area contributed by atoms with E-state index < -0.39 is 0 Å². The van der Waals surface area contributed by atoms with E-state index in [1.54, 1.807) is 17.1 Å². The quantitative estimate of drug-likeness (QED) is 0.870. The van der Waals surface area contributed by atoms with Crippen LogP contribution in [0.5, 0.6) is 0 Å². The molecular formula is C7H5Br2N5. The number of halogens is 2. The molecule has 72 valence electrons. The zero-order valence-electron chi connectivity index (χ0n) is 6.85. The molecule has 0 amide bonds. The van der Waals surface area contributed by atoms with Crippen molar-refractivity contribution < 1.29 is 0 Å². The molecule has 0 spiro atoms. The van der Waals surface area contributed by atoms with E-state index >= 15 is 0 Å². The molecule has 0 saturated heterocycles. The minimum absolute atomic E-state index is 0.223. The predicted molar refractivity (Wildman–Crippen MR) is 59.0 cm³/mol. The summed E-state index contributed by atoms with van der Waals surface area (Å²) in [5, 5.41) is 4.02. The smallest absolute Gasteiger partial charge is 0.240 e. The second kappa shape index (κ2) is 3.66. The Hall–Kier alpha value is -0.950. The van der Waals surface area contributed by atoms with Crippen molar-refractivity contribution in [2.75, 3.05) is 5.73 Å². The van der Waals surface area contributed by atoms with E-state index in [9.17, 15) is 0 Å². The van der Waals surface area contributed by atoms with Gasteiger partial charge in [-0.05, 0) is 37.9 Å². The zero-order valence-corrected chi connectivity index (χ0v) is 10.0. The van der Waals surface area contributed by atoms with Crippen LogP contribution in [0.25, 0.3) is 5.69 Å². The van der Waals surface area contributed by atoms with Gasteiger partial charge in [-0.1, -0.05) is 0 Å². The van der Waals surface area contributed by atoms with Gasteiger partial charge in [0.15, 0.2) is 0 Å². The predicted octanol–water partition coefficient (Wildman–Crippen LogP) is 1.77. The monoisotopic (exact) mass is 317 g/mol. The molecule has 0 bridgehead atoms. The summed E-state index contributed by atoms with van der Waals surface area (Å²) < 4.78 is 2.97. The lowest BCUT2D eigenvalue weighted by molar-refractivity contribution is 0.852. The Morgan fingerprint density at radius 3 is 2.71 bits per heavy atom. The minimum Gasteiger partial charge on any atom is -0.366 e. The zero-order chi connectivity index (χ0) is 10.1. The maximum Gasteiger partial charge on any atom is 0.240 e. The lowest BCUT2D eigenvalue weighted by Crippen LogP contribution is -1.99. The van der Waals surface area contributed by atoms with Gasteiger partial charge in [-0.2, -0.15) is 4.98 Å². The van der Waals surface area contributed by atoms with Gasteiger partial charge in [-0.3, -0.25) is 4.98 Å². The molecule has 0 atom stereocenters. The van der Waals surface area contributed by atoms with Crippen molar-refractivity contribution >= 4 is 37.8 Å². The summed E-state index contributed by atoms with van der Waals surface area (Å²) in [6.07, 6.45) is 3.35. The average Bonchev–Trinajstić information content (AvgIpc) is 2.46. The van der Waals surface area contributed by atoms with E-state index in [1.165, 1.54) is 0 Å². The van der Waals surface area contributed by atoms with Gasteiger partial charge in [0.1, 0.15) is 0 Å². The van der Waals surface area contributed by atoms with Crippen molar-refractivity contribution in [1.82, 2.24) is 19.7 Å². The second-order valence-electron chi connectivity index (χ2n) is 2.48. The molecule has 2 aromatic rings. The van der Waals surface area contributed by atoms with Crippen LogP contribution in [0.1, 0.15) is 0 Å². The molecule has 2 heterocycles. The molecule has 0 aliphatic rings. The first-order chi connectivity index (χ1) is 6.68. The number of anilines is 1. The van der Waals surface area contributed by atoms with Crippen LogP contribution in [0.3, 0.4) is 0 Å². The molecule has 0 aliphatic heterocycles. The van der Waals surface area contributed by atoms with Crippen LogP contribution in [-0.2, 0) is 0 Å². The molecule has 14 heavy (non-hydrogen) atoms. The van der Waals surface area contributed by atoms with Crippen LogP contribution in [0.2, 0.25) is 0 Å². The Labute approximate surface area is 96.6 Å². The number of pyridine rings is 1. The van der Waals surface area contributed by atoms with Crippen LogP contribution in [0.4, 0.5) is 5.95 Å². The van der Waals surface area contributed by atoms with Crippen molar-refractivity contribution in [2.24, 2.45) is 0 Å². The fourth-order valence-corrected chi connectivity index (χ4v) is 1.87. The third-order valence-corrected chi connectivity index (χ3v) is 2.69. The summed E-state index contributed by atoms with van der Waals surface area (Å²) in [6.45, 7) is 0. The van der Waals surface area contributed by atoms with E-state index in [4.69, 9.17) is 5.73 Å². The molecule has 0 radical (unpaired) electrons. The topological polar surface area (TPSA) is 69.6 Å². The highest BCUT2D eigenvalue weighted by atomic mass is 79.9. The van der Waals surface area contributed by atoms with Crippen LogP contribution >= 0.6 is 31.9 Å². The number of nitrogen functional groups attached to an aromatic ring is 1. The van der Waals surface area contributed by atoms with E-state index in [0.29, 0.717) is 4.73 Å². The third kappa shape index (κ3) is 1.64. The van der Waals surface area contributed by atoms with Crippen molar-refractivity contribution in [2.45, 2.75) is 0 Å². The molecular weight excluding hydrogens is 314 g/mol. The lowest BCUT2D eigenvalue weighted by Gasteiger charge is -2.02. The van der Waals surface area contributed by atoms with E-state index in [0.717, 1.165) is 10.2 Å². The van der Waals surface area contributed by atoms with Gasteiger partial charge in [-0.25, -0.2) is 4.68 Å². The van der Waals surface area contributed by atoms with Gasteiger partial charge in [0.2, 0.25) is 10.7 Å². The Kier molecular flexibility index (Phi) is 2.51. The summed E-state index contributed by atoms with van der Waals surface area (Å²) >= 11 is 6.62. The van der Waals surface area contributed by atoms with E-state index in [1.807, 2.05) is 6.07 Å². The van der Waals surface area contributed by atoms with Gasteiger partial charge in [0.25, 0.3) is 0 Å². The Morgan fingerprint density at radius 1 is 1.36 bits per heavy atom. The fourth-order valence-electron chi connectivity index (χ4n) is 1.00. The lowest BCUT2D eigenvalue weighted by atomic mass is 10.4. The van der Waals surface area contributed by atoms with Gasteiger partial charge < -0.3 is 5.73 Å². The first-order valence-electron chi connectivity index (χ1n) is 3.66. The molecule has 0 unspecified atom stereocenters. The van der Waals surface area contributed by atoms with Crippen molar-refractivity contribution in [3.05, 3.63) is 27.7 Å². The summed E-state index contributed by atoms with van der Waals surface area (Å²) in [5.41, 5.74) is 6.29. The Balaban J connectivity index is 2.60. The molecule has 2 N–H and O–H groups in total. The van der Waals surface area contributed by atoms with Gasteiger partial charge in [-0.15, -0.1) is 5.10 Å². The van der Waals surface area contributed by atoms with Gasteiger partial charge >= 0.3 is 0 Å². The molecule has 7 heteroatoms. The summed E-state index contributed by atoms with van der Waals surface area (Å²) in [6, 6.07) is 1.81. The van der Waals surface area contributed by atoms with Crippen LogP contribution in [0, 0.1) is 0 Å². The number of nitrogens with two attached hydrogens (primary N) is 1. The number of rotatable bonds is 1. The molecule has 5 nitrogen and oxygen atoms in total. The van der Waals surface area contributed by atoms with Crippen LogP contribution < -0.4 is 5.73 Å². The molecule has 2 aromatic heterocycles. The molecule has 0 fully saturated rings. The first-order valence-corrected chi connectivity index (χ1v) is 5.25. The highest BCUT2D eigenvalue weighted by Crippen LogP contribution is 2.22. The maximum atomic E-state index is 5.46. The first kappa shape index (κ1) is 9.60. The SMILES string of the molecule is Nc1nc(Br)n(-c2ccncc2Br)n1. The molecule has 0 aliphatic carbocycles. The third-order valence-electron chi connectivity index (χ3n) is 1.56. The summed E-state index contributed by atoms with van der Waals surface area (Å²) in [5.74, 6) is 0.223. The summed E-state index contributed by atoms with van der Waals surface area (Å²) in [7, 11) is 0. The van der Waals surface area contributed by atoms with Gasteiger partial charge in [0, 0.05) is 12.4 Å². The second-order valence-corrected chi connectivity index (χ2v) is 4.04. The van der Waals surface area contributed by atoms with Crippen molar-refractivity contribution in [3.63, 3.8) is 0 Å². The molecule has 2 rings (SSSR count).